The molecule has 0 spiro atoms. The second-order valence-corrected chi connectivity index (χ2v) is 7.24. The smallest absolute Gasteiger partial charge is 0.254 e. The van der Waals surface area contributed by atoms with Crippen LogP contribution in [-0.4, -0.2) is 72.8 Å². The maximum atomic E-state index is 13.4. The molecule has 3 heterocycles. The molecule has 2 saturated heterocycles. The van der Waals surface area contributed by atoms with Gasteiger partial charge in [0, 0.05) is 44.1 Å². The molecule has 1 aromatic carbocycles. The summed E-state index contributed by atoms with van der Waals surface area (Å²) in [5.41, 5.74) is 1.95. The van der Waals surface area contributed by atoms with E-state index in [1.165, 1.54) is 0 Å². The van der Waals surface area contributed by atoms with Gasteiger partial charge < -0.3 is 14.4 Å². The van der Waals surface area contributed by atoms with Crippen LogP contribution in [0, 0.1) is 11.3 Å². The third kappa shape index (κ3) is 4.46. The number of aromatic nitrogens is 1. The van der Waals surface area contributed by atoms with Gasteiger partial charge in [-0.3, -0.25) is 14.7 Å². The minimum Gasteiger partial charge on any atom is -0.379 e. The summed E-state index contributed by atoms with van der Waals surface area (Å²) in [6, 6.07) is 12.6. The lowest BCUT2D eigenvalue weighted by atomic mass is 9.97. The number of morpholine rings is 2. The van der Waals surface area contributed by atoms with E-state index < -0.39 is 0 Å². The van der Waals surface area contributed by atoms with Crippen molar-refractivity contribution in [2.75, 3.05) is 46.0 Å². The predicted molar refractivity (Wildman–Crippen MR) is 106 cm³/mol. The van der Waals surface area contributed by atoms with Crippen molar-refractivity contribution < 1.29 is 14.3 Å². The van der Waals surface area contributed by atoms with Gasteiger partial charge in [-0.05, 0) is 29.8 Å². The van der Waals surface area contributed by atoms with Gasteiger partial charge in [0.25, 0.3) is 5.91 Å². The Morgan fingerprint density at radius 3 is 2.79 bits per heavy atom. The number of nitriles is 1. The zero-order valence-electron chi connectivity index (χ0n) is 16.2. The number of pyridine rings is 1. The number of benzene rings is 1. The van der Waals surface area contributed by atoms with E-state index in [2.05, 4.69) is 16.0 Å². The van der Waals surface area contributed by atoms with Crippen LogP contribution in [0.25, 0.3) is 0 Å². The fourth-order valence-corrected chi connectivity index (χ4v) is 3.99. The first-order valence-electron chi connectivity index (χ1n) is 9.89. The Balaban J connectivity index is 1.63. The first kappa shape index (κ1) is 19.5. The van der Waals surface area contributed by atoms with Crippen molar-refractivity contribution in [3.8, 4) is 6.07 Å². The zero-order chi connectivity index (χ0) is 20.1. The molecule has 150 valence electrons. The summed E-state index contributed by atoms with van der Waals surface area (Å²) < 4.78 is 11.6. The molecule has 0 N–H and O–H groups in total. The summed E-state index contributed by atoms with van der Waals surface area (Å²) in [4.78, 5) is 21.8. The molecule has 29 heavy (non-hydrogen) atoms. The number of hydrogen-bond acceptors (Lipinski definition) is 6. The van der Waals surface area contributed by atoms with E-state index in [4.69, 9.17) is 9.47 Å². The van der Waals surface area contributed by atoms with Crippen LogP contribution >= 0.6 is 0 Å². The molecule has 0 bridgehead atoms. The van der Waals surface area contributed by atoms with Crippen molar-refractivity contribution in [2.24, 2.45) is 0 Å². The maximum absolute atomic E-state index is 13.4. The number of carbonyl (C=O) groups is 1. The van der Waals surface area contributed by atoms with Gasteiger partial charge in [0.2, 0.25) is 0 Å². The van der Waals surface area contributed by atoms with E-state index in [0.29, 0.717) is 37.5 Å². The number of carbonyl (C=O) groups excluding carboxylic acids is 1. The summed E-state index contributed by atoms with van der Waals surface area (Å²) in [5, 5.41) is 9.19. The molecular weight excluding hydrogens is 368 g/mol. The van der Waals surface area contributed by atoms with E-state index >= 15 is 0 Å². The predicted octanol–water partition coefficient (Wildman–Crippen LogP) is 1.87. The normalized spacial score (nSPS) is 22.8. The molecule has 1 amide bonds. The summed E-state index contributed by atoms with van der Waals surface area (Å²) in [5.74, 6) is -0.0915. The second-order valence-electron chi connectivity index (χ2n) is 7.24. The molecule has 2 fully saturated rings. The van der Waals surface area contributed by atoms with Crippen LogP contribution in [0.15, 0.2) is 48.8 Å². The van der Waals surface area contributed by atoms with Crippen LogP contribution in [0.4, 0.5) is 0 Å². The largest absolute Gasteiger partial charge is 0.379 e. The van der Waals surface area contributed by atoms with E-state index in [9.17, 15) is 10.1 Å². The lowest BCUT2D eigenvalue weighted by Crippen LogP contribution is -2.53. The van der Waals surface area contributed by atoms with Crippen molar-refractivity contribution in [1.29, 1.82) is 5.26 Å². The molecule has 2 aliphatic rings. The van der Waals surface area contributed by atoms with Gasteiger partial charge in [-0.2, -0.15) is 5.26 Å². The van der Waals surface area contributed by atoms with Crippen LogP contribution in [0.1, 0.15) is 27.5 Å². The van der Waals surface area contributed by atoms with Crippen molar-refractivity contribution in [2.45, 2.75) is 12.1 Å². The van der Waals surface area contributed by atoms with Gasteiger partial charge in [-0.25, -0.2) is 0 Å². The van der Waals surface area contributed by atoms with Crippen LogP contribution in [0.2, 0.25) is 0 Å². The number of ether oxygens (including phenoxy) is 2. The van der Waals surface area contributed by atoms with E-state index in [0.717, 1.165) is 25.2 Å². The summed E-state index contributed by atoms with van der Waals surface area (Å²) in [6.07, 6.45) is 3.37. The van der Waals surface area contributed by atoms with Crippen molar-refractivity contribution in [1.82, 2.24) is 14.8 Å². The summed E-state index contributed by atoms with van der Waals surface area (Å²) in [6.45, 7) is 4.85. The SMILES string of the molecule is N#Cc1cccc(C(=O)N2CCO[C@@H](CN3CCOCC3)[C@@H]2c2cccnc2)c1. The molecule has 0 radical (unpaired) electrons. The fourth-order valence-electron chi connectivity index (χ4n) is 3.99. The van der Waals surface area contributed by atoms with Crippen LogP contribution in [0.5, 0.6) is 0 Å². The molecule has 4 rings (SSSR count). The van der Waals surface area contributed by atoms with Crippen LogP contribution < -0.4 is 0 Å². The third-order valence-corrected chi connectivity index (χ3v) is 5.42. The van der Waals surface area contributed by atoms with Gasteiger partial charge in [-0.1, -0.05) is 12.1 Å². The second kappa shape index (κ2) is 9.14. The molecule has 0 saturated carbocycles. The molecule has 7 heteroatoms. The third-order valence-electron chi connectivity index (χ3n) is 5.42. The fraction of sp³-hybridized carbons (Fsp3) is 0.409. The van der Waals surface area contributed by atoms with Gasteiger partial charge in [-0.15, -0.1) is 0 Å². The monoisotopic (exact) mass is 392 g/mol. The van der Waals surface area contributed by atoms with Crippen molar-refractivity contribution >= 4 is 5.91 Å². The highest BCUT2D eigenvalue weighted by atomic mass is 16.5. The molecule has 7 nitrogen and oxygen atoms in total. The minimum atomic E-state index is -0.237. The lowest BCUT2D eigenvalue weighted by Gasteiger charge is -2.43. The highest BCUT2D eigenvalue weighted by molar-refractivity contribution is 5.95. The molecule has 0 unspecified atom stereocenters. The standard InChI is InChI=1S/C22H24N4O3/c23-14-17-3-1-4-18(13-17)22(27)26-9-12-29-20(16-25-7-10-28-11-8-25)21(26)19-5-2-6-24-15-19/h1-6,13,15,20-21H,7-12,16H2/t20-,21-/m0/s1. The van der Waals surface area contributed by atoms with Crippen LogP contribution in [-0.2, 0) is 9.47 Å². The Morgan fingerprint density at radius 2 is 2.03 bits per heavy atom. The Kier molecular flexibility index (Phi) is 6.15. The molecule has 0 aliphatic carbocycles. The van der Waals surface area contributed by atoms with E-state index in [-0.39, 0.29) is 18.1 Å². The molecule has 2 aromatic rings. The van der Waals surface area contributed by atoms with E-state index in [1.807, 2.05) is 17.0 Å². The minimum absolute atomic E-state index is 0.0915. The molecular formula is C22H24N4O3. The average molecular weight is 392 g/mol. The number of amides is 1. The Bertz CT molecular complexity index is 877. The maximum Gasteiger partial charge on any atom is 0.254 e. The highest BCUT2D eigenvalue weighted by Gasteiger charge is 2.38. The quantitative estimate of drug-likeness (QED) is 0.790. The van der Waals surface area contributed by atoms with Gasteiger partial charge in [0.05, 0.1) is 43.6 Å². The lowest BCUT2D eigenvalue weighted by molar-refractivity contribution is -0.0819. The van der Waals surface area contributed by atoms with Crippen molar-refractivity contribution in [3.63, 3.8) is 0 Å². The van der Waals surface area contributed by atoms with Gasteiger partial charge in [0.15, 0.2) is 0 Å². The van der Waals surface area contributed by atoms with Crippen molar-refractivity contribution in [3.05, 3.63) is 65.5 Å². The first-order chi connectivity index (χ1) is 14.3. The number of nitrogens with zero attached hydrogens (tertiary/aromatic N) is 4. The summed E-state index contributed by atoms with van der Waals surface area (Å²) >= 11 is 0. The Morgan fingerprint density at radius 1 is 1.17 bits per heavy atom. The van der Waals surface area contributed by atoms with Gasteiger partial charge in [0.1, 0.15) is 0 Å². The average Bonchev–Trinajstić information content (AvgIpc) is 2.80. The first-order valence-corrected chi connectivity index (χ1v) is 9.89. The number of rotatable bonds is 4. The Hall–Kier alpha value is -2.79. The van der Waals surface area contributed by atoms with Gasteiger partial charge >= 0.3 is 0 Å². The Labute approximate surface area is 170 Å². The highest BCUT2D eigenvalue weighted by Crippen LogP contribution is 2.31. The summed E-state index contributed by atoms with van der Waals surface area (Å²) in [7, 11) is 0. The zero-order valence-corrected chi connectivity index (χ0v) is 16.2. The van der Waals surface area contributed by atoms with Crippen LogP contribution in [0.3, 0.4) is 0 Å². The van der Waals surface area contributed by atoms with E-state index in [1.54, 1.807) is 36.7 Å². The number of hydrogen-bond donors (Lipinski definition) is 0. The molecule has 2 aliphatic heterocycles. The molecule has 2 atom stereocenters. The molecule has 1 aromatic heterocycles. The topological polar surface area (TPSA) is 78.7 Å².